The Hall–Kier alpha value is -0.890. The van der Waals surface area contributed by atoms with Crippen LogP contribution in [0.2, 0.25) is 0 Å². The summed E-state index contributed by atoms with van der Waals surface area (Å²) in [5, 5.41) is 0. The van der Waals surface area contributed by atoms with Gasteiger partial charge in [-0.1, -0.05) is 34.1 Å². The zero-order valence-electron chi connectivity index (χ0n) is 5.83. The molecule has 1 aromatic carbocycles. The number of hydrogen-bond acceptors (Lipinski definition) is 1. The van der Waals surface area contributed by atoms with Crippen LogP contribution in [0.3, 0.4) is 0 Å². The summed E-state index contributed by atoms with van der Waals surface area (Å²) in [6, 6.07) is 7.74. The third-order valence-corrected chi connectivity index (χ3v) is 1.77. The maximum absolute atomic E-state index is 9.95. The molecule has 2 heteroatoms. The molecular formula is C9H7BrO. The van der Waals surface area contributed by atoms with E-state index in [0.717, 1.165) is 16.3 Å². The number of carbonyl (C=O) groups is 1. The standard InChI is InChI=1S/C9H7BrO/c10-9-5-3-8(4-6-9)2-1-7-11/h1-7H/b2-1+. The van der Waals surface area contributed by atoms with Gasteiger partial charge in [0.2, 0.25) is 0 Å². The monoisotopic (exact) mass is 210 g/mol. The van der Waals surface area contributed by atoms with Crippen LogP contribution in [0.1, 0.15) is 5.56 Å². The molecule has 0 heterocycles. The van der Waals surface area contributed by atoms with Gasteiger partial charge in [-0.25, -0.2) is 0 Å². The van der Waals surface area contributed by atoms with Crippen molar-refractivity contribution in [2.45, 2.75) is 0 Å². The zero-order chi connectivity index (χ0) is 8.10. The lowest BCUT2D eigenvalue weighted by atomic mass is 10.2. The first kappa shape index (κ1) is 8.21. The van der Waals surface area contributed by atoms with Crippen LogP contribution in [0.25, 0.3) is 6.08 Å². The molecule has 56 valence electrons. The molecule has 0 aromatic heterocycles. The van der Waals surface area contributed by atoms with Gasteiger partial charge in [-0.2, -0.15) is 0 Å². The summed E-state index contributed by atoms with van der Waals surface area (Å²) < 4.78 is 1.04. The predicted octanol–water partition coefficient (Wildman–Crippen LogP) is 2.66. The van der Waals surface area contributed by atoms with E-state index in [9.17, 15) is 4.79 Å². The van der Waals surface area contributed by atoms with Crippen molar-refractivity contribution in [1.29, 1.82) is 0 Å². The number of allylic oxidation sites excluding steroid dienone is 1. The van der Waals surface area contributed by atoms with Crippen LogP contribution in [0.4, 0.5) is 0 Å². The van der Waals surface area contributed by atoms with Crippen LogP contribution < -0.4 is 0 Å². The molecule has 0 unspecified atom stereocenters. The van der Waals surface area contributed by atoms with E-state index in [1.165, 1.54) is 6.08 Å². The van der Waals surface area contributed by atoms with Gasteiger partial charge in [0.15, 0.2) is 0 Å². The van der Waals surface area contributed by atoms with Crippen molar-refractivity contribution in [2.24, 2.45) is 0 Å². The second-order valence-corrected chi connectivity index (χ2v) is 2.96. The Morgan fingerprint density at radius 3 is 2.36 bits per heavy atom. The Kier molecular flexibility index (Phi) is 3.05. The van der Waals surface area contributed by atoms with Crippen molar-refractivity contribution in [2.75, 3.05) is 0 Å². The van der Waals surface area contributed by atoms with E-state index in [-0.39, 0.29) is 0 Å². The molecule has 0 bridgehead atoms. The average Bonchev–Trinajstić information content (AvgIpc) is 2.04. The van der Waals surface area contributed by atoms with Crippen LogP contribution in [0.5, 0.6) is 0 Å². The van der Waals surface area contributed by atoms with Gasteiger partial charge in [0.25, 0.3) is 0 Å². The number of carbonyl (C=O) groups excluding carboxylic acids is 1. The molecule has 0 spiro atoms. The maximum atomic E-state index is 9.95. The molecule has 0 saturated heterocycles. The van der Waals surface area contributed by atoms with Gasteiger partial charge in [0, 0.05) is 4.47 Å². The summed E-state index contributed by atoms with van der Waals surface area (Å²) in [5.74, 6) is 0. The second-order valence-electron chi connectivity index (χ2n) is 2.05. The largest absolute Gasteiger partial charge is 0.299 e. The quantitative estimate of drug-likeness (QED) is 0.542. The van der Waals surface area contributed by atoms with Crippen molar-refractivity contribution < 1.29 is 4.79 Å². The first-order chi connectivity index (χ1) is 5.33. The minimum absolute atomic E-state index is 0.766. The molecule has 0 N–H and O–H groups in total. The summed E-state index contributed by atoms with van der Waals surface area (Å²) in [4.78, 5) is 9.95. The number of benzene rings is 1. The van der Waals surface area contributed by atoms with Crippen LogP contribution in [0.15, 0.2) is 34.8 Å². The number of halogens is 1. The van der Waals surface area contributed by atoms with E-state index in [2.05, 4.69) is 15.9 Å². The molecule has 0 saturated carbocycles. The summed E-state index contributed by atoms with van der Waals surface area (Å²) in [6.07, 6.45) is 4.00. The molecule has 1 rings (SSSR count). The molecule has 1 nitrogen and oxygen atoms in total. The lowest BCUT2D eigenvalue weighted by Crippen LogP contribution is -1.70. The van der Waals surface area contributed by atoms with Crippen molar-refractivity contribution in [3.63, 3.8) is 0 Å². The number of hydrogen-bond donors (Lipinski definition) is 0. The summed E-state index contributed by atoms with van der Waals surface area (Å²) in [5.41, 5.74) is 1.03. The third kappa shape index (κ3) is 2.68. The van der Waals surface area contributed by atoms with Crippen molar-refractivity contribution in [3.8, 4) is 0 Å². The van der Waals surface area contributed by atoms with Gasteiger partial charge >= 0.3 is 0 Å². The van der Waals surface area contributed by atoms with E-state index in [0.29, 0.717) is 0 Å². The summed E-state index contributed by atoms with van der Waals surface area (Å²) in [7, 11) is 0. The van der Waals surface area contributed by atoms with E-state index < -0.39 is 0 Å². The molecule has 0 aliphatic heterocycles. The topological polar surface area (TPSA) is 17.1 Å². The molecule has 0 aliphatic carbocycles. The molecule has 0 aliphatic rings. The van der Waals surface area contributed by atoms with Gasteiger partial charge in [0.05, 0.1) is 0 Å². The Morgan fingerprint density at radius 1 is 1.18 bits per heavy atom. The fourth-order valence-corrected chi connectivity index (χ4v) is 0.989. The third-order valence-electron chi connectivity index (χ3n) is 1.24. The smallest absolute Gasteiger partial charge is 0.142 e. The first-order valence-electron chi connectivity index (χ1n) is 3.20. The van der Waals surface area contributed by atoms with Gasteiger partial charge in [-0.3, -0.25) is 4.79 Å². The highest BCUT2D eigenvalue weighted by Gasteiger charge is 1.85. The molecular weight excluding hydrogens is 204 g/mol. The molecule has 0 fully saturated rings. The van der Waals surface area contributed by atoms with E-state index in [4.69, 9.17) is 0 Å². The predicted molar refractivity (Wildman–Crippen MR) is 49.2 cm³/mol. The summed E-state index contributed by atoms with van der Waals surface area (Å²) >= 11 is 3.32. The van der Waals surface area contributed by atoms with Crippen LogP contribution in [-0.4, -0.2) is 6.29 Å². The van der Waals surface area contributed by atoms with Gasteiger partial charge in [-0.05, 0) is 23.8 Å². The second kappa shape index (κ2) is 4.09. The SMILES string of the molecule is O=C/C=C/c1ccc(Br)cc1. The minimum atomic E-state index is 0.766. The lowest BCUT2D eigenvalue weighted by molar-refractivity contribution is -0.104. The molecule has 11 heavy (non-hydrogen) atoms. The van der Waals surface area contributed by atoms with Gasteiger partial charge in [-0.15, -0.1) is 0 Å². The fraction of sp³-hybridized carbons (Fsp3) is 0. The molecule has 0 amide bonds. The molecule has 0 radical (unpaired) electrons. The van der Waals surface area contributed by atoms with E-state index in [1.54, 1.807) is 6.08 Å². The van der Waals surface area contributed by atoms with Gasteiger partial charge < -0.3 is 0 Å². The number of rotatable bonds is 2. The molecule has 0 atom stereocenters. The maximum Gasteiger partial charge on any atom is 0.142 e. The van der Waals surface area contributed by atoms with E-state index in [1.807, 2.05) is 24.3 Å². The minimum Gasteiger partial charge on any atom is -0.299 e. The normalized spacial score (nSPS) is 10.3. The van der Waals surface area contributed by atoms with Crippen molar-refractivity contribution in [1.82, 2.24) is 0 Å². The summed E-state index contributed by atoms with van der Waals surface area (Å²) in [6.45, 7) is 0. The zero-order valence-corrected chi connectivity index (χ0v) is 7.41. The Morgan fingerprint density at radius 2 is 1.82 bits per heavy atom. The Labute approximate surface area is 73.9 Å². The van der Waals surface area contributed by atoms with E-state index >= 15 is 0 Å². The highest BCUT2D eigenvalue weighted by molar-refractivity contribution is 9.10. The van der Waals surface area contributed by atoms with Crippen LogP contribution in [-0.2, 0) is 4.79 Å². The van der Waals surface area contributed by atoms with Gasteiger partial charge in [0.1, 0.15) is 6.29 Å². The number of aldehydes is 1. The lowest BCUT2D eigenvalue weighted by Gasteiger charge is -1.91. The highest BCUT2D eigenvalue weighted by atomic mass is 79.9. The van der Waals surface area contributed by atoms with Crippen LogP contribution >= 0.6 is 15.9 Å². The van der Waals surface area contributed by atoms with Crippen LogP contribution in [0, 0.1) is 0 Å². The van der Waals surface area contributed by atoms with Crippen molar-refractivity contribution >= 4 is 28.3 Å². The Balaban J connectivity index is 2.81. The average molecular weight is 211 g/mol. The Bertz CT molecular complexity index is 261. The molecule has 1 aromatic rings. The van der Waals surface area contributed by atoms with Crippen molar-refractivity contribution in [3.05, 3.63) is 40.4 Å². The fourth-order valence-electron chi connectivity index (χ4n) is 0.724. The highest BCUT2D eigenvalue weighted by Crippen LogP contribution is 2.10. The first-order valence-corrected chi connectivity index (χ1v) is 3.99.